The number of halogens is 2. The molecule has 1 saturated heterocycles. The van der Waals surface area contributed by atoms with Gasteiger partial charge in [0.25, 0.3) is 0 Å². The number of ether oxygens (including phenoxy) is 1. The first-order valence-electron chi connectivity index (χ1n) is 12.0. The molecule has 5 nitrogen and oxygen atoms in total. The van der Waals surface area contributed by atoms with Gasteiger partial charge in [0, 0.05) is 44.7 Å². The van der Waals surface area contributed by atoms with Gasteiger partial charge in [-0.1, -0.05) is 36.8 Å². The first-order valence-corrected chi connectivity index (χ1v) is 12.0. The molecule has 3 aromatic rings. The summed E-state index contributed by atoms with van der Waals surface area (Å²) in [5.41, 5.74) is 3.47. The van der Waals surface area contributed by atoms with Crippen LogP contribution in [-0.4, -0.2) is 34.5 Å². The average Bonchev–Trinajstić information content (AvgIpc) is 2.83. The molecular weight excluding hydrogens is 434 g/mol. The minimum Gasteiger partial charge on any atom is -0.435 e. The van der Waals surface area contributed by atoms with Crippen molar-refractivity contribution >= 4 is 5.95 Å². The van der Waals surface area contributed by atoms with E-state index < -0.39 is 5.82 Å². The van der Waals surface area contributed by atoms with Gasteiger partial charge in [-0.3, -0.25) is 4.90 Å². The molecule has 0 bridgehead atoms. The topological polar surface area (TPSA) is 41.5 Å². The zero-order valence-corrected chi connectivity index (χ0v) is 19.7. The van der Waals surface area contributed by atoms with E-state index in [2.05, 4.69) is 16.7 Å². The Morgan fingerprint density at radius 3 is 2.59 bits per heavy atom. The van der Waals surface area contributed by atoms with Gasteiger partial charge in [0.05, 0.1) is 11.3 Å². The molecule has 1 fully saturated rings. The van der Waals surface area contributed by atoms with E-state index in [0.717, 1.165) is 49.3 Å². The van der Waals surface area contributed by atoms with Crippen LogP contribution in [0.25, 0.3) is 0 Å². The van der Waals surface area contributed by atoms with Crippen molar-refractivity contribution in [2.75, 3.05) is 24.5 Å². The Hall–Kier alpha value is -3.06. The van der Waals surface area contributed by atoms with Crippen molar-refractivity contribution in [3.63, 3.8) is 0 Å². The first kappa shape index (κ1) is 22.7. The van der Waals surface area contributed by atoms with Crippen LogP contribution in [0.5, 0.6) is 11.6 Å². The number of anilines is 1. The summed E-state index contributed by atoms with van der Waals surface area (Å²) in [6, 6.07) is 11.5. The number of benzene rings is 2. The van der Waals surface area contributed by atoms with Crippen molar-refractivity contribution in [2.45, 2.75) is 46.2 Å². The van der Waals surface area contributed by atoms with Gasteiger partial charge in [0.15, 0.2) is 11.6 Å². The molecule has 2 aliphatic rings. The number of nitrogens with zero attached hydrogens (tertiary/aromatic N) is 4. The summed E-state index contributed by atoms with van der Waals surface area (Å²) in [6.45, 7) is 7.79. The largest absolute Gasteiger partial charge is 0.435 e. The lowest BCUT2D eigenvalue weighted by atomic mass is 9.99. The van der Waals surface area contributed by atoms with E-state index >= 15 is 0 Å². The second-order valence-electron chi connectivity index (χ2n) is 9.51. The predicted octanol–water partition coefficient (Wildman–Crippen LogP) is 5.65. The van der Waals surface area contributed by atoms with Crippen LogP contribution in [0.1, 0.15) is 42.1 Å². The summed E-state index contributed by atoms with van der Waals surface area (Å²) in [7, 11) is 0. The number of para-hydroxylation sites is 1. The van der Waals surface area contributed by atoms with Crippen molar-refractivity contribution in [3.8, 4) is 11.6 Å². The maximum atomic E-state index is 14.4. The predicted molar refractivity (Wildman–Crippen MR) is 128 cm³/mol. The van der Waals surface area contributed by atoms with E-state index in [1.807, 2.05) is 13.0 Å². The maximum Gasteiger partial charge on any atom is 0.229 e. The molecule has 7 heteroatoms. The highest BCUT2D eigenvalue weighted by Crippen LogP contribution is 2.33. The fourth-order valence-electron chi connectivity index (χ4n) is 4.69. The van der Waals surface area contributed by atoms with E-state index in [1.165, 1.54) is 12.1 Å². The van der Waals surface area contributed by atoms with Gasteiger partial charge in [-0.2, -0.15) is 4.98 Å². The fraction of sp³-hybridized carbons (Fsp3) is 0.407. The third kappa shape index (κ3) is 4.89. The van der Waals surface area contributed by atoms with E-state index in [9.17, 15) is 8.78 Å². The Morgan fingerprint density at radius 2 is 1.79 bits per heavy atom. The summed E-state index contributed by atoms with van der Waals surface area (Å²) in [4.78, 5) is 14.0. The zero-order valence-electron chi connectivity index (χ0n) is 19.7. The van der Waals surface area contributed by atoms with Crippen LogP contribution in [0.4, 0.5) is 14.7 Å². The Kier molecular flexibility index (Phi) is 6.46. The summed E-state index contributed by atoms with van der Waals surface area (Å²) in [6.07, 6.45) is 2.90. The van der Waals surface area contributed by atoms with Crippen LogP contribution in [0.15, 0.2) is 42.5 Å². The summed E-state index contributed by atoms with van der Waals surface area (Å²) < 4.78 is 34.9. The zero-order chi connectivity index (χ0) is 23.7. The number of hydrogen-bond donors (Lipinski definition) is 0. The molecule has 0 spiro atoms. The fourth-order valence-corrected chi connectivity index (χ4v) is 4.69. The third-order valence-corrected chi connectivity index (χ3v) is 6.79. The van der Waals surface area contributed by atoms with Crippen molar-refractivity contribution < 1.29 is 13.5 Å². The summed E-state index contributed by atoms with van der Waals surface area (Å²) in [5.74, 6) is 1.23. The molecule has 0 aliphatic carbocycles. The SMILES string of the molecule is Cc1ccc(F)c(CN2CCc3nc(N4CCC(C)CC4)nc(Oc4ccccc4F)c3C2)c1. The minimum absolute atomic E-state index is 0.142. The summed E-state index contributed by atoms with van der Waals surface area (Å²) >= 11 is 0. The van der Waals surface area contributed by atoms with Crippen molar-refractivity contribution in [2.24, 2.45) is 5.92 Å². The van der Waals surface area contributed by atoms with Gasteiger partial charge in [-0.25, -0.2) is 13.8 Å². The molecule has 0 atom stereocenters. The second-order valence-corrected chi connectivity index (χ2v) is 9.51. The van der Waals surface area contributed by atoms with Gasteiger partial charge >= 0.3 is 0 Å². The molecular formula is C27H30F2N4O. The molecule has 2 aromatic carbocycles. The molecule has 178 valence electrons. The van der Waals surface area contributed by atoms with Crippen molar-refractivity contribution in [1.29, 1.82) is 0 Å². The van der Waals surface area contributed by atoms with Gasteiger partial charge in [0.2, 0.25) is 11.8 Å². The van der Waals surface area contributed by atoms with Crippen LogP contribution >= 0.6 is 0 Å². The van der Waals surface area contributed by atoms with Gasteiger partial charge in [-0.15, -0.1) is 0 Å². The van der Waals surface area contributed by atoms with Crippen LogP contribution in [0.2, 0.25) is 0 Å². The highest BCUT2D eigenvalue weighted by atomic mass is 19.1. The number of rotatable bonds is 5. The number of aromatic nitrogens is 2. The smallest absolute Gasteiger partial charge is 0.229 e. The molecule has 0 amide bonds. The van der Waals surface area contributed by atoms with E-state index in [-0.39, 0.29) is 11.6 Å². The first-order chi connectivity index (χ1) is 16.5. The molecule has 0 radical (unpaired) electrons. The summed E-state index contributed by atoms with van der Waals surface area (Å²) in [5, 5.41) is 0. The maximum absolute atomic E-state index is 14.4. The minimum atomic E-state index is -0.433. The Bertz CT molecular complexity index is 1180. The lowest BCUT2D eigenvalue weighted by Gasteiger charge is -2.33. The van der Waals surface area contributed by atoms with E-state index in [4.69, 9.17) is 14.7 Å². The molecule has 1 aromatic heterocycles. The molecule has 0 unspecified atom stereocenters. The third-order valence-electron chi connectivity index (χ3n) is 6.79. The Labute approximate surface area is 199 Å². The second kappa shape index (κ2) is 9.66. The van der Waals surface area contributed by atoms with Crippen LogP contribution < -0.4 is 9.64 Å². The van der Waals surface area contributed by atoms with Crippen molar-refractivity contribution in [1.82, 2.24) is 14.9 Å². The lowest BCUT2D eigenvalue weighted by molar-refractivity contribution is 0.234. The molecule has 5 rings (SSSR count). The highest BCUT2D eigenvalue weighted by Gasteiger charge is 2.27. The molecule has 2 aliphatic heterocycles. The highest BCUT2D eigenvalue weighted by molar-refractivity contribution is 5.44. The monoisotopic (exact) mass is 464 g/mol. The quantitative estimate of drug-likeness (QED) is 0.488. The standard InChI is InChI=1S/C27H30F2N4O/c1-18-9-13-33(14-10-18)27-30-24-11-12-32(16-20-15-19(2)7-8-22(20)28)17-21(24)26(31-27)34-25-6-4-3-5-23(25)29/h3-8,15,18H,9-14,16-17H2,1-2H3. The number of piperidine rings is 1. The van der Waals surface area contributed by atoms with Gasteiger partial charge in [0.1, 0.15) is 5.82 Å². The number of fused-ring (bicyclic) bond motifs is 1. The average molecular weight is 465 g/mol. The van der Waals surface area contributed by atoms with Crippen LogP contribution in [-0.2, 0) is 19.5 Å². The molecule has 34 heavy (non-hydrogen) atoms. The van der Waals surface area contributed by atoms with Crippen LogP contribution in [0.3, 0.4) is 0 Å². The molecule has 0 saturated carbocycles. The van der Waals surface area contributed by atoms with Gasteiger partial charge in [-0.05, 0) is 43.9 Å². The Morgan fingerprint density at radius 1 is 1.00 bits per heavy atom. The number of aryl methyl sites for hydroxylation is 1. The number of hydrogen-bond acceptors (Lipinski definition) is 5. The Balaban J connectivity index is 1.46. The van der Waals surface area contributed by atoms with E-state index in [1.54, 1.807) is 24.3 Å². The normalized spacial score (nSPS) is 17.0. The van der Waals surface area contributed by atoms with E-state index in [0.29, 0.717) is 42.8 Å². The molecule has 3 heterocycles. The van der Waals surface area contributed by atoms with Crippen LogP contribution in [0, 0.1) is 24.5 Å². The van der Waals surface area contributed by atoms with Crippen molar-refractivity contribution in [3.05, 3.63) is 76.5 Å². The van der Waals surface area contributed by atoms with Gasteiger partial charge < -0.3 is 9.64 Å². The molecule has 0 N–H and O–H groups in total. The lowest BCUT2D eigenvalue weighted by Crippen LogP contribution is -2.36.